The summed E-state index contributed by atoms with van der Waals surface area (Å²) in [4.78, 5) is 8.43. The lowest BCUT2D eigenvalue weighted by Gasteiger charge is -2.15. The summed E-state index contributed by atoms with van der Waals surface area (Å²) in [5.41, 5.74) is -0.0420. The fraction of sp³-hybridized carbons (Fsp3) is 0.312. The van der Waals surface area contributed by atoms with Gasteiger partial charge in [-0.25, -0.2) is 18.9 Å². The smallest absolute Gasteiger partial charge is 0.363 e. The molecule has 0 aliphatic carbocycles. The minimum absolute atomic E-state index is 0.273. The number of alkyl halides is 4. The van der Waals surface area contributed by atoms with Gasteiger partial charge in [-0.05, 0) is 24.3 Å². The zero-order chi connectivity index (χ0) is 18.3. The van der Waals surface area contributed by atoms with Crippen LogP contribution < -0.4 is 10.6 Å². The van der Waals surface area contributed by atoms with Crippen molar-refractivity contribution >= 4 is 11.5 Å². The van der Waals surface area contributed by atoms with Gasteiger partial charge in [-0.15, -0.1) is 0 Å². The molecule has 0 aromatic carbocycles. The number of pyridine rings is 1. The van der Waals surface area contributed by atoms with Gasteiger partial charge in [-0.1, -0.05) is 6.07 Å². The molecule has 2 N–H and O–H groups in total. The van der Waals surface area contributed by atoms with E-state index in [1.54, 1.807) is 18.2 Å². The van der Waals surface area contributed by atoms with Crippen molar-refractivity contribution in [2.24, 2.45) is 0 Å². The molecule has 0 unspecified atom stereocenters. The molecule has 26 heavy (non-hydrogen) atoms. The maximum absolute atomic E-state index is 13.7. The van der Waals surface area contributed by atoms with Crippen LogP contribution in [-0.4, -0.2) is 44.9 Å². The molecule has 3 aromatic rings. The van der Waals surface area contributed by atoms with E-state index in [4.69, 9.17) is 0 Å². The zero-order valence-electron chi connectivity index (χ0n) is 13.3. The number of nitrogens with zero attached hydrogens (tertiary/aromatic N) is 4. The second kappa shape index (κ2) is 6.20. The van der Waals surface area contributed by atoms with Gasteiger partial charge in [-0.3, -0.25) is 0 Å². The van der Waals surface area contributed by atoms with Crippen molar-refractivity contribution in [3.63, 3.8) is 0 Å². The Balaban J connectivity index is 1.70. The third kappa shape index (κ3) is 3.07. The molecule has 0 saturated carbocycles. The number of aromatic nitrogens is 4. The lowest BCUT2D eigenvalue weighted by Crippen LogP contribution is -2.29. The molecule has 1 aliphatic heterocycles. The van der Waals surface area contributed by atoms with Crippen molar-refractivity contribution < 1.29 is 17.6 Å². The van der Waals surface area contributed by atoms with Gasteiger partial charge in [0.25, 0.3) is 0 Å². The Morgan fingerprint density at radius 2 is 2.00 bits per heavy atom. The van der Waals surface area contributed by atoms with Crippen LogP contribution in [0.3, 0.4) is 0 Å². The van der Waals surface area contributed by atoms with Crippen LogP contribution in [0.4, 0.5) is 23.4 Å². The van der Waals surface area contributed by atoms with E-state index in [9.17, 15) is 17.6 Å². The Morgan fingerprint density at radius 3 is 2.73 bits per heavy atom. The van der Waals surface area contributed by atoms with Gasteiger partial charge in [-0.2, -0.15) is 18.3 Å². The van der Waals surface area contributed by atoms with Crippen LogP contribution in [0.15, 0.2) is 36.5 Å². The Hall–Kier alpha value is -2.75. The number of fused-ring (bicyclic) bond motifs is 1. The van der Waals surface area contributed by atoms with E-state index in [2.05, 4.69) is 25.7 Å². The van der Waals surface area contributed by atoms with Crippen LogP contribution in [-0.2, 0) is 6.18 Å². The number of hydrogen-bond acceptors (Lipinski definition) is 5. The lowest BCUT2D eigenvalue weighted by atomic mass is 10.2. The van der Waals surface area contributed by atoms with Gasteiger partial charge in [0.15, 0.2) is 11.3 Å². The number of halogens is 4. The van der Waals surface area contributed by atoms with E-state index in [1.165, 1.54) is 12.3 Å². The highest BCUT2D eigenvalue weighted by molar-refractivity contribution is 5.61. The third-order valence-corrected chi connectivity index (χ3v) is 4.14. The Morgan fingerprint density at radius 1 is 1.15 bits per heavy atom. The maximum atomic E-state index is 13.7. The van der Waals surface area contributed by atoms with E-state index in [-0.39, 0.29) is 12.2 Å². The van der Waals surface area contributed by atoms with Crippen LogP contribution in [0, 0.1) is 0 Å². The molecule has 0 radical (unpaired) electrons. The summed E-state index contributed by atoms with van der Waals surface area (Å²) in [6.45, 7) is 0.744. The minimum Gasteiger partial charge on any atom is -0.363 e. The molecule has 2 atom stereocenters. The second-order valence-electron chi connectivity index (χ2n) is 5.96. The largest absolute Gasteiger partial charge is 0.435 e. The molecule has 1 aliphatic rings. The van der Waals surface area contributed by atoms with Gasteiger partial charge in [0.2, 0.25) is 0 Å². The fourth-order valence-electron chi connectivity index (χ4n) is 2.84. The predicted molar refractivity (Wildman–Crippen MR) is 86.4 cm³/mol. The van der Waals surface area contributed by atoms with Crippen LogP contribution >= 0.6 is 0 Å². The molecular weight excluding hydrogens is 352 g/mol. The average Bonchev–Trinajstić information content (AvgIpc) is 3.20. The van der Waals surface area contributed by atoms with Crippen molar-refractivity contribution in [1.82, 2.24) is 24.9 Å². The van der Waals surface area contributed by atoms with E-state index >= 15 is 0 Å². The molecule has 4 rings (SSSR count). The molecule has 6 nitrogen and oxygen atoms in total. The van der Waals surface area contributed by atoms with Gasteiger partial charge in [0, 0.05) is 13.1 Å². The Kier molecular flexibility index (Phi) is 3.98. The van der Waals surface area contributed by atoms with Crippen molar-refractivity contribution in [3.8, 4) is 11.4 Å². The first kappa shape index (κ1) is 16.7. The van der Waals surface area contributed by atoms with E-state index in [1.807, 2.05) is 0 Å². The predicted octanol–water partition coefficient (Wildman–Crippen LogP) is 2.53. The minimum atomic E-state index is -4.56. The summed E-state index contributed by atoms with van der Waals surface area (Å²) in [7, 11) is 0. The second-order valence-corrected chi connectivity index (χ2v) is 5.96. The SMILES string of the molecule is F[C@H]1CNC[C@@H]1Nc1cccc(-c2cnc3ccc(C(F)(F)F)nn23)n1. The monoisotopic (exact) mass is 366 g/mol. The third-order valence-electron chi connectivity index (χ3n) is 4.14. The van der Waals surface area contributed by atoms with E-state index in [0.717, 1.165) is 10.6 Å². The van der Waals surface area contributed by atoms with Crippen LogP contribution in [0.5, 0.6) is 0 Å². The number of nitrogens with one attached hydrogen (secondary N) is 2. The number of hydrogen-bond donors (Lipinski definition) is 2. The molecule has 10 heteroatoms. The van der Waals surface area contributed by atoms with Crippen LogP contribution in [0.1, 0.15) is 5.69 Å². The highest BCUT2D eigenvalue weighted by Gasteiger charge is 2.33. The lowest BCUT2D eigenvalue weighted by molar-refractivity contribution is -0.141. The standard InChI is InChI=1S/C16H14F4N6/c17-9-6-21-7-11(9)24-14-3-1-2-10(23-14)12-8-22-15-5-4-13(16(18,19)20)25-26(12)15/h1-5,8-9,11,21H,6-7H2,(H,23,24)/t9-,11-/m0/s1. The van der Waals surface area contributed by atoms with Gasteiger partial charge < -0.3 is 10.6 Å². The first-order valence-electron chi connectivity index (χ1n) is 7.92. The van der Waals surface area contributed by atoms with Crippen molar-refractivity contribution in [3.05, 3.63) is 42.2 Å². The molecule has 4 heterocycles. The summed E-state index contributed by atoms with van der Waals surface area (Å²) < 4.78 is 53.6. The Bertz CT molecular complexity index is 938. The van der Waals surface area contributed by atoms with E-state index in [0.29, 0.717) is 23.8 Å². The summed E-state index contributed by atoms with van der Waals surface area (Å²) in [6.07, 6.45) is -4.19. The molecule has 136 valence electrons. The first-order chi connectivity index (χ1) is 12.4. The van der Waals surface area contributed by atoms with Crippen molar-refractivity contribution in [2.45, 2.75) is 18.4 Å². The number of imidazole rings is 1. The zero-order valence-corrected chi connectivity index (χ0v) is 13.3. The maximum Gasteiger partial charge on any atom is 0.435 e. The average molecular weight is 366 g/mol. The van der Waals surface area contributed by atoms with Gasteiger partial charge in [0.1, 0.15) is 17.7 Å². The molecule has 0 amide bonds. The normalized spacial score (nSPS) is 20.6. The van der Waals surface area contributed by atoms with Gasteiger partial charge in [0.05, 0.1) is 17.9 Å². The fourth-order valence-corrected chi connectivity index (χ4v) is 2.84. The molecule has 3 aromatic heterocycles. The van der Waals surface area contributed by atoms with Crippen molar-refractivity contribution in [2.75, 3.05) is 18.4 Å². The molecule has 0 bridgehead atoms. The van der Waals surface area contributed by atoms with Crippen molar-refractivity contribution in [1.29, 1.82) is 0 Å². The molecule has 1 fully saturated rings. The number of anilines is 1. The molecule has 1 saturated heterocycles. The van der Waals surface area contributed by atoms with Crippen LogP contribution in [0.25, 0.3) is 17.0 Å². The quantitative estimate of drug-likeness (QED) is 0.698. The topological polar surface area (TPSA) is 67.1 Å². The van der Waals surface area contributed by atoms with Crippen LogP contribution in [0.2, 0.25) is 0 Å². The molecule has 0 spiro atoms. The van der Waals surface area contributed by atoms with E-state index < -0.39 is 24.1 Å². The summed E-state index contributed by atoms with van der Waals surface area (Å²) in [5, 5.41) is 9.56. The highest BCUT2D eigenvalue weighted by atomic mass is 19.4. The summed E-state index contributed by atoms with van der Waals surface area (Å²) in [6, 6.07) is 6.72. The van der Waals surface area contributed by atoms with Gasteiger partial charge >= 0.3 is 6.18 Å². The summed E-state index contributed by atoms with van der Waals surface area (Å²) >= 11 is 0. The molecular formula is C16H14F4N6. The number of rotatable bonds is 3. The highest BCUT2D eigenvalue weighted by Crippen LogP contribution is 2.28. The Labute approximate surface area is 145 Å². The first-order valence-corrected chi connectivity index (χ1v) is 7.92. The summed E-state index contributed by atoms with van der Waals surface area (Å²) in [5.74, 6) is 0.431.